The summed E-state index contributed by atoms with van der Waals surface area (Å²) in [6.45, 7) is 0.438. The Kier molecular flexibility index (Phi) is 6.62. The van der Waals surface area contributed by atoms with Crippen molar-refractivity contribution >= 4 is 39.4 Å². The Morgan fingerprint density at radius 2 is 2.00 bits per heavy atom. The van der Waals surface area contributed by atoms with E-state index in [1.54, 1.807) is 25.5 Å². The van der Waals surface area contributed by atoms with Crippen molar-refractivity contribution in [3.8, 4) is 11.5 Å². The fourth-order valence-corrected chi connectivity index (χ4v) is 3.13. The summed E-state index contributed by atoms with van der Waals surface area (Å²) in [6, 6.07) is 17.0. The van der Waals surface area contributed by atoms with Crippen molar-refractivity contribution in [2.45, 2.75) is 6.61 Å². The Hall–Kier alpha value is -2.64. The SMILES string of the molecule is COc1cc(/C=N\NC(=O)c2cccs2)ccc1OCc1ccc(Br)cc1. The summed E-state index contributed by atoms with van der Waals surface area (Å²) < 4.78 is 12.3. The van der Waals surface area contributed by atoms with Gasteiger partial charge >= 0.3 is 0 Å². The van der Waals surface area contributed by atoms with Gasteiger partial charge in [0.05, 0.1) is 18.2 Å². The van der Waals surface area contributed by atoms with Gasteiger partial charge in [0.25, 0.3) is 5.91 Å². The first-order chi connectivity index (χ1) is 13.2. The van der Waals surface area contributed by atoms with Gasteiger partial charge in [0.2, 0.25) is 0 Å². The number of hydrazone groups is 1. The summed E-state index contributed by atoms with van der Waals surface area (Å²) in [5.74, 6) is 1.00. The van der Waals surface area contributed by atoms with E-state index in [9.17, 15) is 4.79 Å². The van der Waals surface area contributed by atoms with Crippen molar-refractivity contribution < 1.29 is 14.3 Å². The highest BCUT2D eigenvalue weighted by Gasteiger charge is 2.07. The van der Waals surface area contributed by atoms with Crippen LogP contribution < -0.4 is 14.9 Å². The van der Waals surface area contributed by atoms with Crippen LogP contribution in [0.5, 0.6) is 11.5 Å². The number of carbonyl (C=O) groups excluding carboxylic acids is 1. The molecule has 0 fully saturated rings. The molecule has 0 spiro atoms. The molecule has 2 aromatic carbocycles. The summed E-state index contributed by atoms with van der Waals surface area (Å²) >= 11 is 4.78. The van der Waals surface area contributed by atoms with Gasteiger partial charge in [-0.3, -0.25) is 4.79 Å². The lowest BCUT2D eigenvalue weighted by Gasteiger charge is -2.11. The van der Waals surface area contributed by atoms with E-state index >= 15 is 0 Å². The molecule has 138 valence electrons. The van der Waals surface area contributed by atoms with E-state index in [-0.39, 0.29) is 5.91 Å². The lowest BCUT2D eigenvalue weighted by atomic mass is 10.2. The van der Waals surface area contributed by atoms with E-state index in [0.29, 0.717) is 23.0 Å². The smallest absolute Gasteiger partial charge is 0.281 e. The zero-order chi connectivity index (χ0) is 19.1. The molecule has 1 N–H and O–H groups in total. The van der Waals surface area contributed by atoms with Gasteiger partial charge in [0.15, 0.2) is 11.5 Å². The molecule has 0 bridgehead atoms. The van der Waals surface area contributed by atoms with Gasteiger partial charge in [-0.15, -0.1) is 11.3 Å². The molecule has 0 aliphatic rings. The fraction of sp³-hybridized carbons (Fsp3) is 0.100. The molecule has 1 amide bonds. The number of amides is 1. The summed E-state index contributed by atoms with van der Waals surface area (Å²) in [6.07, 6.45) is 1.56. The van der Waals surface area contributed by atoms with Crippen molar-refractivity contribution in [3.05, 3.63) is 80.5 Å². The lowest BCUT2D eigenvalue weighted by molar-refractivity contribution is 0.0959. The minimum atomic E-state index is -0.234. The molecule has 0 atom stereocenters. The third-order valence-electron chi connectivity index (χ3n) is 3.62. The van der Waals surface area contributed by atoms with Crippen LogP contribution in [0.2, 0.25) is 0 Å². The van der Waals surface area contributed by atoms with Crippen LogP contribution in [-0.4, -0.2) is 19.2 Å². The number of hydrogen-bond donors (Lipinski definition) is 1. The highest BCUT2D eigenvalue weighted by Crippen LogP contribution is 2.28. The highest BCUT2D eigenvalue weighted by molar-refractivity contribution is 9.10. The number of benzene rings is 2. The van der Waals surface area contributed by atoms with Gasteiger partial charge in [0, 0.05) is 4.47 Å². The van der Waals surface area contributed by atoms with E-state index < -0.39 is 0 Å². The maximum Gasteiger partial charge on any atom is 0.281 e. The second-order valence-electron chi connectivity index (χ2n) is 5.50. The number of halogens is 1. The number of ether oxygens (including phenoxy) is 2. The fourth-order valence-electron chi connectivity index (χ4n) is 2.25. The van der Waals surface area contributed by atoms with Crippen LogP contribution in [0.4, 0.5) is 0 Å². The van der Waals surface area contributed by atoms with Crippen molar-refractivity contribution in [1.82, 2.24) is 5.43 Å². The second kappa shape index (κ2) is 9.34. The van der Waals surface area contributed by atoms with Crippen LogP contribution in [0.25, 0.3) is 0 Å². The topological polar surface area (TPSA) is 59.9 Å². The minimum absolute atomic E-state index is 0.234. The third kappa shape index (κ3) is 5.42. The molecule has 7 heteroatoms. The number of methoxy groups -OCH3 is 1. The number of hydrogen-bond acceptors (Lipinski definition) is 5. The molecule has 0 radical (unpaired) electrons. The van der Waals surface area contributed by atoms with Crippen LogP contribution >= 0.6 is 27.3 Å². The normalized spacial score (nSPS) is 10.7. The number of thiophene rings is 1. The Morgan fingerprint density at radius 1 is 1.19 bits per heavy atom. The van der Waals surface area contributed by atoms with E-state index in [2.05, 4.69) is 26.5 Å². The molecule has 0 aliphatic heterocycles. The molecule has 27 heavy (non-hydrogen) atoms. The van der Waals surface area contributed by atoms with E-state index in [1.165, 1.54) is 11.3 Å². The molecular formula is C20H17BrN2O3S. The van der Waals surface area contributed by atoms with Gasteiger partial charge in [-0.05, 0) is 52.9 Å². The van der Waals surface area contributed by atoms with Gasteiger partial charge < -0.3 is 9.47 Å². The number of carbonyl (C=O) groups is 1. The summed E-state index contributed by atoms with van der Waals surface area (Å²) in [5.41, 5.74) is 4.35. The first-order valence-electron chi connectivity index (χ1n) is 8.08. The molecule has 3 rings (SSSR count). The quantitative estimate of drug-likeness (QED) is 0.417. The maximum atomic E-state index is 11.9. The standard InChI is InChI=1S/C20H17BrN2O3S/c1-25-18-11-15(12-22-23-20(24)19-3-2-10-27-19)6-9-17(18)26-13-14-4-7-16(21)8-5-14/h2-12H,13H2,1H3,(H,23,24)/b22-12-. The molecule has 1 heterocycles. The average Bonchev–Trinajstić information content (AvgIpc) is 3.23. The van der Waals surface area contributed by atoms with E-state index in [0.717, 1.165) is 15.6 Å². The molecule has 0 saturated heterocycles. The number of nitrogens with zero attached hydrogens (tertiary/aromatic N) is 1. The molecule has 3 aromatic rings. The van der Waals surface area contributed by atoms with E-state index in [4.69, 9.17) is 9.47 Å². The Labute approximate surface area is 169 Å². The Morgan fingerprint density at radius 3 is 2.70 bits per heavy atom. The average molecular weight is 445 g/mol. The molecule has 0 saturated carbocycles. The maximum absolute atomic E-state index is 11.9. The zero-order valence-electron chi connectivity index (χ0n) is 14.5. The lowest BCUT2D eigenvalue weighted by Crippen LogP contribution is -2.16. The van der Waals surface area contributed by atoms with Crippen LogP contribution in [-0.2, 0) is 6.61 Å². The molecular weight excluding hydrogens is 428 g/mol. The van der Waals surface area contributed by atoms with Gasteiger partial charge in [-0.25, -0.2) is 5.43 Å². The van der Waals surface area contributed by atoms with Gasteiger partial charge in [-0.2, -0.15) is 5.10 Å². The van der Waals surface area contributed by atoms with Crippen LogP contribution in [0.15, 0.2) is 69.6 Å². The van der Waals surface area contributed by atoms with Crippen molar-refractivity contribution in [3.63, 3.8) is 0 Å². The van der Waals surface area contributed by atoms with Crippen LogP contribution in [0.3, 0.4) is 0 Å². The summed E-state index contributed by atoms with van der Waals surface area (Å²) in [5, 5.41) is 5.83. The second-order valence-corrected chi connectivity index (χ2v) is 7.37. The summed E-state index contributed by atoms with van der Waals surface area (Å²) in [4.78, 5) is 12.5. The molecule has 1 aromatic heterocycles. The van der Waals surface area contributed by atoms with Crippen LogP contribution in [0, 0.1) is 0 Å². The van der Waals surface area contributed by atoms with E-state index in [1.807, 2.05) is 47.8 Å². The Bertz CT molecular complexity index is 925. The van der Waals surface area contributed by atoms with Gasteiger partial charge in [-0.1, -0.05) is 34.1 Å². The predicted octanol–water partition coefficient (Wildman–Crippen LogP) is 4.86. The van der Waals surface area contributed by atoms with Crippen LogP contribution in [0.1, 0.15) is 20.8 Å². The van der Waals surface area contributed by atoms with Crippen molar-refractivity contribution in [2.75, 3.05) is 7.11 Å². The minimum Gasteiger partial charge on any atom is -0.493 e. The van der Waals surface area contributed by atoms with Gasteiger partial charge in [0.1, 0.15) is 6.61 Å². The first kappa shape index (κ1) is 19.1. The highest BCUT2D eigenvalue weighted by atomic mass is 79.9. The number of nitrogens with one attached hydrogen (secondary N) is 1. The Balaban J connectivity index is 1.62. The summed E-state index contributed by atoms with van der Waals surface area (Å²) in [7, 11) is 1.58. The monoisotopic (exact) mass is 444 g/mol. The predicted molar refractivity (Wildman–Crippen MR) is 111 cm³/mol. The first-order valence-corrected chi connectivity index (χ1v) is 9.75. The molecule has 0 unspecified atom stereocenters. The zero-order valence-corrected chi connectivity index (χ0v) is 16.9. The molecule has 5 nitrogen and oxygen atoms in total. The third-order valence-corrected chi connectivity index (χ3v) is 5.02. The van der Waals surface area contributed by atoms with Crippen molar-refractivity contribution in [2.24, 2.45) is 5.10 Å². The molecule has 0 aliphatic carbocycles. The van der Waals surface area contributed by atoms with Crippen molar-refractivity contribution in [1.29, 1.82) is 0 Å². The largest absolute Gasteiger partial charge is 0.493 e. The number of rotatable bonds is 7.